The Hall–Kier alpha value is -3.26. The van der Waals surface area contributed by atoms with Crippen molar-refractivity contribution in [2.24, 2.45) is 5.92 Å². The van der Waals surface area contributed by atoms with Crippen molar-refractivity contribution in [3.8, 4) is 5.75 Å². The normalized spacial score (nSPS) is 11.2. The lowest BCUT2D eigenvalue weighted by Gasteiger charge is -2.16. The third kappa shape index (κ3) is 4.49. The van der Waals surface area contributed by atoms with Gasteiger partial charge in [0, 0.05) is 19.3 Å². The summed E-state index contributed by atoms with van der Waals surface area (Å²) in [6, 6.07) is 7.85. The average Bonchev–Trinajstić information content (AvgIpc) is 2.71. The Bertz CT molecular complexity index is 1120. The largest absolute Gasteiger partial charge is 0.505 e. The Morgan fingerprint density at radius 1 is 1.23 bits per heavy atom. The molecule has 0 spiro atoms. The molecule has 0 aliphatic rings. The number of nitrogens with zero attached hydrogens (tertiary/aromatic N) is 2. The molecule has 7 nitrogen and oxygen atoms in total. The highest BCUT2D eigenvalue weighted by Gasteiger charge is 2.23. The van der Waals surface area contributed by atoms with Crippen molar-refractivity contribution in [3.05, 3.63) is 69.4 Å². The van der Waals surface area contributed by atoms with Crippen molar-refractivity contribution in [2.75, 3.05) is 13.2 Å². The summed E-state index contributed by atoms with van der Waals surface area (Å²) >= 11 is 0. The zero-order valence-electron chi connectivity index (χ0n) is 16.9. The molecule has 0 bridgehead atoms. The fourth-order valence-corrected chi connectivity index (χ4v) is 3.29. The third-order valence-electron chi connectivity index (χ3n) is 4.63. The lowest BCUT2D eigenvalue weighted by molar-refractivity contribution is 0.0940. The van der Waals surface area contributed by atoms with Crippen LogP contribution in [0.4, 0.5) is 4.39 Å². The van der Waals surface area contributed by atoms with Crippen molar-refractivity contribution >= 4 is 16.9 Å². The van der Waals surface area contributed by atoms with Gasteiger partial charge in [-0.25, -0.2) is 4.39 Å². The Balaban J connectivity index is 2.14. The van der Waals surface area contributed by atoms with E-state index in [0.29, 0.717) is 18.5 Å². The molecule has 0 aliphatic carbocycles. The number of aromatic hydroxyl groups is 1. The van der Waals surface area contributed by atoms with Gasteiger partial charge in [0.05, 0.1) is 12.1 Å². The summed E-state index contributed by atoms with van der Waals surface area (Å²) in [4.78, 5) is 29.8. The number of aliphatic hydroxyl groups is 1. The molecule has 158 valence electrons. The average molecular weight is 413 g/mol. The first-order valence-corrected chi connectivity index (χ1v) is 9.69. The molecule has 0 saturated heterocycles. The van der Waals surface area contributed by atoms with Crippen LogP contribution in [0.25, 0.3) is 11.0 Å². The number of amides is 1. The number of pyridine rings is 2. The molecule has 3 rings (SSSR count). The first-order valence-electron chi connectivity index (χ1n) is 9.69. The summed E-state index contributed by atoms with van der Waals surface area (Å²) in [6.07, 6.45) is 2.03. The van der Waals surface area contributed by atoms with E-state index in [4.69, 9.17) is 5.11 Å². The van der Waals surface area contributed by atoms with E-state index in [1.165, 1.54) is 16.7 Å². The van der Waals surface area contributed by atoms with Crippen molar-refractivity contribution < 1.29 is 19.4 Å². The van der Waals surface area contributed by atoms with Gasteiger partial charge in [-0.2, -0.15) is 0 Å². The molecule has 3 N–H and O–H groups in total. The maximum absolute atomic E-state index is 13.2. The minimum Gasteiger partial charge on any atom is -0.505 e. The molecule has 8 heteroatoms. The smallest absolute Gasteiger partial charge is 0.267 e. The van der Waals surface area contributed by atoms with E-state index in [1.54, 1.807) is 24.4 Å². The van der Waals surface area contributed by atoms with Gasteiger partial charge in [-0.3, -0.25) is 14.6 Å². The number of carbonyl (C=O) groups excluding carboxylic acids is 1. The van der Waals surface area contributed by atoms with Gasteiger partial charge in [-0.15, -0.1) is 0 Å². The summed E-state index contributed by atoms with van der Waals surface area (Å²) < 4.78 is 14.6. The van der Waals surface area contributed by atoms with Crippen LogP contribution in [0, 0.1) is 11.7 Å². The minimum absolute atomic E-state index is 0.0377. The lowest BCUT2D eigenvalue weighted by atomic mass is 10.0. The topological polar surface area (TPSA) is 104 Å². The number of fused-ring (bicyclic) bond motifs is 1. The van der Waals surface area contributed by atoms with Crippen LogP contribution in [-0.4, -0.2) is 38.8 Å². The molecule has 0 radical (unpaired) electrons. The summed E-state index contributed by atoms with van der Waals surface area (Å²) in [6.45, 7) is 3.88. The van der Waals surface area contributed by atoms with Crippen molar-refractivity contribution in [2.45, 2.75) is 26.8 Å². The number of hydrogen-bond donors (Lipinski definition) is 3. The molecule has 1 amide bonds. The SMILES string of the molecule is CC(C)Cn1c(=O)c(C(=O)NCCO)c(O)c2ncc(Cc3ccc(F)cc3)cc21. The number of hydrogen-bond acceptors (Lipinski definition) is 5. The van der Waals surface area contributed by atoms with Gasteiger partial charge in [0.2, 0.25) is 0 Å². The molecule has 30 heavy (non-hydrogen) atoms. The molecule has 0 unspecified atom stereocenters. The van der Waals surface area contributed by atoms with Gasteiger partial charge in [-0.05, 0) is 41.7 Å². The van der Waals surface area contributed by atoms with E-state index in [9.17, 15) is 19.1 Å². The van der Waals surface area contributed by atoms with Crippen molar-refractivity contribution in [1.29, 1.82) is 0 Å². The van der Waals surface area contributed by atoms with E-state index in [1.807, 2.05) is 13.8 Å². The molecule has 1 aromatic carbocycles. The number of aromatic nitrogens is 2. The van der Waals surface area contributed by atoms with Crippen LogP contribution < -0.4 is 10.9 Å². The number of rotatable bonds is 7. The number of halogens is 1. The maximum atomic E-state index is 13.2. The Morgan fingerprint density at radius 3 is 2.57 bits per heavy atom. The second-order valence-electron chi connectivity index (χ2n) is 7.53. The molecular formula is C22H24FN3O4. The maximum Gasteiger partial charge on any atom is 0.267 e. The highest BCUT2D eigenvalue weighted by molar-refractivity contribution is 6.01. The molecule has 0 fully saturated rings. The van der Waals surface area contributed by atoms with E-state index in [0.717, 1.165) is 11.1 Å². The van der Waals surface area contributed by atoms with Crippen LogP contribution in [0.2, 0.25) is 0 Å². The standard InChI is InChI=1S/C22H24FN3O4/c1-13(2)12-26-17-10-15(9-14-3-5-16(23)6-4-14)11-25-19(17)20(28)18(22(26)30)21(29)24-7-8-27/h3-6,10-11,13,27-28H,7-9,12H2,1-2H3,(H,24,29). The highest BCUT2D eigenvalue weighted by Crippen LogP contribution is 2.26. The monoisotopic (exact) mass is 413 g/mol. The Morgan fingerprint density at radius 2 is 1.93 bits per heavy atom. The Kier molecular flexibility index (Phi) is 6.47. The van der Waals surface area contributed by atoms with Gasteiger partial charge in [0.1, 0.15) is 16.9 Å². The van der Waals surface area contributed by atoms with E-state index in [2.05, 4.69) is 10.3 Å². The van der Waals surface area contributed by atoms with Gasteiger partial charge in [0.25, 0.3) is 11.5 Å². The van der Waals surface area contributed by atoms with Gasteiger partial charge >= 0.3 is 0 Å². The molecule has 3 aromatic rings. The number of nitrogens with one attached hydrogen (secondary N) is 1. The summed E-state index contributed by atoms with van der Waals surface area (Å²) in [5, 5.41) is 22.0. The first-order chi connectivity index (χ1) is 14.3. The number of aliphatic hydroxyl groups excluding tert-OH is 1. The zero-order chi connectivity index (χ0) is 21.8. The predicted octanol–water partition coefficient (Wildman–Crippen LogP) is 2.21. The second kappa shape index (κ2) is 9.04. The lowest BCUT2D eigenvalue weighted by Crippen LogP contribution is -2.35. The first kappa shape index (κ1) is 21.4. The van der Waals surface area contributed by atoms with Crippen molar-refractivity contribution in [3.63, 3.8) is 0 Å². The fourth-order valence-electron chi connectivity index (χ4n) is 3.29. The highest BCUT2D eigenvalue weighted by atomic mass is 19.1. The van der Waals surface area contributed by atoms with Crippen LogP contribution in [-0.2, 0) is 13.0 Å². The third-order valence-corrected chi connectivity index (χ3v) is 4.63. The zero-order valence-corrected chi connectivity index (χ0v) is 16.9. The summed E-state index contributed by atoms with van der Waals surface area (Å²) in [7, 11) is 0. The van der Waals surface area contributed by atoms with Crippen LogP contribution in [0.3, 0.4) is 0 Å². The van der Waals surface area contributed by atoms with Gasteiger partial charge < -0.3 is 20.1 Å². The second-order valence-corrected chi connectivity index (χ2v) is 7.53. The molecular weight excluding hydrogens is 389 g/mol. The van der Waals surface area contributed by atoms with E-state index >= 15 is 0 Å². The van der Waals surface area contributed by atoms with E-state index < -0.39 is 22.8 Å². The number of benzene rings is 1. The molecule has 2 aromatic heterocycles. The van der Waals surface area contributed by atoms with Crippen LogP contribution in [0.5, 0.6) is 5.75 Å². The van der Waals surface area contributed by atoms with Gasteiger partial charge in [0.15, 0.2) is 5.75 Å². The van der Waals surface area contributed by atoms with E-state index in [-0.39, 0.29) is 30.4 Å². The summed E-state index contributed by atoms with van der Waals surface area (Å²) in [5.74, 6) is -1.47. The summed E-state index contributed by atoms with van der Waals surface area (Å²) in [5.41, 5.74) is 1.21. The predicted molar refractivity (Wildman–Crippen MR) is 111 cm³/mol. The van der Waals surface area contributed by atoms with Gasteiger partial charge in [-0.1, -0.05) is 26.0 Å². The van der Waals surface area contributed by atoms with Crippen LogP contribution in [0.15, 0.2) is 41.3 Å². The molecule has 0 aliphatic heterocycles. The molecule has 0 atom stereocenters. The van der Waals surface area contributed by atoms with Crippen LogP contribution >= 0.6 is 0 Å². The van der Waals surface area contributed by atoms with Crippen LogP contribution in [0.1, 0.15) is 35.3 Å². The Labute approximate surface area is 172 Å². The number of carbonyl (C=O) groups is 1. The minimum atomic E-state index is -0.761. The molecule has 2 heterocycles. The quantitative estimate of drug-likeness (QED) is 0.551. The van der Waals surface area contributed by atoms with Crippen molar-refractivity contribution in [1.82, 2.24) is 14.9 Å². The fraction of sp³-hybridized carbons (Fsp3) is 0.318. The molecule has 0 saturated carbocycles.